The van der Waals surface area contributed by atoms with E-state index in [0.717, 1.165) is 58.8 Å². The fourth-order valence-corrected chi connectivity index (χ4v) is 9.15. The molecule has 4 heterocycles. The van der Waals surface area contributed by atoms with Crippen LogP contribution in [0.5, 0.6) is 0 Å². The van der Waals surface area contributed by atoms with Gasteiger partial charge < -0.3 is 55.0 Å². The lowest BCUT2D eigenvalue weighted by Crippen LogP contribution is -2.40. The second-order valence-corrected chi connectivity index (χ2v) is 20.4. The molecular formula is C61H79N9O9S. The third-order valence-corrected chi connectivity index (χ3v) is 13.1. The van der Waals surface area contributed by atoms with Crippen LogP contribution in [0.25, 0.3) is 32.7 Å². The standard InChI is InChI=1S/C44H53N7O8.C12H14N2S.C4H10.CH2O/c52-37-14-17-51(30-37)42(55)29-47-41(54)31-59-24-23-58-22-21-57-20-19-56-18-16-46-40(53)11-3-1-2-7-32-12-13-33-26-36(27-35(33)25-32)48-44-38-9-4-5-10-39(38)49-43(50-44)34-8-6-15-45-28-34;1-9-12(15-8-14-9)11-5-3-10(4-6-11)7-13-2;1-4(2)3;1-2/h4-6,8-10,12-13,15,25,28,36-37,52H,1,3,11,14,16-24,26-27,29-31H2,(H,46,53)(H,47,54)(H,48,49,50);3-6,8,13H,7H2,1-2H3;4H,1-3H3;1H2. The molecule has 2 unspecified atom stereocenters. The summed E-state index contributed by atoms with van der Waals surface area (Å²) in [6.45, 7) is 14.9. The van der Waals surface area contributed by atoms with E-state index in [4.69, 9.17) is 33.7 Å². The van der Waals surface area contributed by atoms with Gasteiger partial charge in [-0.2, -0.15) is 0 Å². The highest BCUT2D eigenvalue weighted by Crippen LogP contribution is 2.30. The maximum atomic E-state index is 12.3. The third-order valence-electron chi connectivity index (χ3n) is 12.2. The number of β-amino-alcohol motifs (C(OH)–C–C–N with tert-alkyl or cyclic N) is 1. The van der Waals surface area contributed by atoms with Crippen molar-refractivity contribution in [2.45, 2.75) is 84.9 Å². The number of pyridine rings is 1. The number of carbonyl (C=O) groups excluding carboxylic acids is 4. The summed E-state index contributed by atoms with van der Waals surface area (Å²) in [5.41, 5.74) is 10.9. The minimum Gasteiger partial charge on any atom is -0.391 e. The highest BCUT2D eigenvalue weighted by molar-refractivity contribution is 7.13. The lowest BCUT2D eigenvalue weighted by Gasteiger charge is -2.15. The van der Waals surface area contributed by atoms with Gasteiger partial charge in [-0.1, -0.05) is 75.1 Å². The molecule has 1 saturated heterocycles. The van der Waals surface area contributed by atoms with Crippen LogP contribution in [-0.2, 0) is 57.5 Å². The van der Waals surface area contributed by atoms with Crippen LogP contribution in [0.3, 0.4) is 0 Å². The topological polar surface area (TPSA) is 228 Å². The molecule has 1 aliphatic carbocycles. The fourth-order valence-electron chi connectivity index (χ4n) is 8.34. The number of hydrogen-bond acceptors (Lipinski definition) is 16. The molecule has 3 aromatic carbocycles. The van der Waals surface area contributed by atoms with Crippen molar-refractivity contribution in [2.75, 3.05) is 91.4 Å². The Hall–Kier alpha value is -7.02. The van der Waals surface area contributed by atoms with Crippen molar-refractivity contribution in [3.05, 3.63) is 125 Å². The Kier molecular flexibility index (Phi) is 28.9. The van der Waals surface area contributed by atoms with E-state index < -0.39 is 6.10 Å². The van der Waals surface area contributed by atoms with Crippen LogP contribution in [0.1, 0.15) is 74.4 Å². The van der Waals surface area contributed by atoms with Gasteiger partial charge in [-0.05, 0) is 104 Å². The SMILES string of the molecule is C=O.CC(C)C.CNCc1ccc(-c2scnc2C)cc1.O=C(CCCC#Cc1ccc2c(c1)CC(Nc1nc(-c3cccnc3)nc3ccccc13)C2)NCCOCCOCCOCCOCC(=O)NCC(=O)N1CCC(O)C1. The number of para-hydroxylation sites is 1. The molecule has 8 rings (SSSR count). The summed E-state index contributed by atoms with van der Waals surface area (Å²) in [7, 11) is 1.96. The van der Waals surface area contributed by atoms with Crippen LogP contribution in [-0.4, -0.2) is 153 Å². The summed E-state index contributed by atoms with van der Waals surface area (Å²) in [6.07, 6.45) is 7.08. The van der Waals surface area contributed by atoms with Gasteiger partial charge >= 0.3 is 0 Å². The number of carbonyl (C=O) groups is 4. The maximum absolute atomic E-state index is 12.3. The molecule has 0 spiro atoms. The average Bonchev–Trinajstić information content (AvgIpc) is 4.22. The van der Waals surface area contributed by atoms with Gasteiger partial charge in [0.1, 0.15) is 19.2 Å². The van der Waals surface area contributed by atoms with E-state index in [2.05, 4.69) is 106 Å². The van der Waals surface area contributed by atoms with Crippen LogP contribution in [0.2, 0.25) is 0 Å². The van der Waals surface area contributed by atoms with E-state index >= 15 is 0 Å². The molecule has 428 valence electrons. The summed E-state index contributed by atoms with van der Waals surface area (Å²) in [6, 6.07) is 27.2. The zero-order valence-corrected chi connectivity index (χ0v) is 47.8. The number of aliphatic hydroxyl groups is 1. The Balaban J connectivity index is 0.000000468. The first-order chi connectivity index (χ1) is 38.9. The number of thiazole rings is 1. The van der Waals surface area contributed by atoms with Crippen molar-refractivity contribution < 1.29 is 43.2 Å². The zero-order valence-electron chi connectivity index (χ0n) is 47.0. The number of likely N-dealkylation sites (tertiary alicyclic amines) is 1. The second kappa shape index (κ2) is 36.3. The second-order valence-electron chi connectivity index (χ2n) is 19.6. The number of fused-ring (bicyclic) bond motifs is 2. The van der Waals surface area contributed by atoms with Gasteiger partial charge in [0.05, 0.1) is 80.5 Å². The van der Waals surface area contributed by atoms with E-state index in [1.54, 1.807) is 23.7 Å². The number of aliphatic hydroxyl groups excluding tert-OH is 1. The number of rotatable bonds is 25. The van der Waals surface area contributed by atoms with E-state index in [1.165, 1.54) is 32.0 Å². The van der Waals surface area contributed by atoms with Crippen LogP contribution in [0.15, 0.2) is 96.8 Å². The molecule has 3 aromatic heterocycles. The third kappa shape index (κ3) is 23.0. The first-order valence-corrected chi connectivity index (χ1v) is 28.1. The predicted octanol–water partition coefficient (Wildman–Crippen LogP) is 7.00. The minimum absolute atomic E-state index is 0.0253. The number of anilines is 1. The van der Waals surface area contributed by atoms with Crippen LogP contribution in [0.4, 0.5) is 5.82 Å². The van der Waals surface area contributed by atoms with Crippen molar-refractivity contribution >= 4 is 52.6 Å². The Labute approximate surface area is 475 Å². The molecular weight excluding hydrogens is 1030 g/mol. The number of unbranched alkanes of at least 4 members (excludes halogenated alkanes) is 1. The van der Waals surface area contributed by atoms with Crippen molar-refractivity contribution in [3.8, 4) is 33.7 Å². The largest absolute Gasteiger partial charge is 0.391 e. The zero-order chi connectivity index (χ0) is 57.3. The van der Waals surface area contributed by atoms with E-state index in [1.807, 2.05) is 62.7 Å². The molecule has 2 atom stereocenters. The highest BCUT2D eigenvalue weighted by Gasteiger charge is 2.25. The lowest BCUT2D eigenvalue weighted by atomic mass is 10.1. The van der Waals surface area contributed by atoms with Crippen molar-refractivity contribution in [1.82, 2.24) is 40.8 Å². The molecule has 18 nitrogen and oxygen atoms in total. The smallest absolute Gasteiger partial charge is 0.246 e. The molecule has 1 aliphatic heterocycles. The van der Waals surface area contributed by atoms with Gasteiger partial charge in [-0.3, -0.25) is 19.4 Å². The average molecular weight is 1110 g/mol. The summed E-state index contributed by atoms with van der Waals surface area (Å²) in [4.78, 5) is 65.0. The summed E-state index contributed by atoms with van der Waals surface area (Å²) < 4.78 is 21.7. The van der Waals surface area contributed by atoms with E-state index in [-0.39, 0.29) is 43.5 Å². The number of amides is 3. The number of hydrogen-bond donors (Lipinski definition) is 5. The summed E-state index contributed by atoms with van der Waals surface area (Å²) in [5.74, 6) is 8.17. The van der Waals surface area contributed by atoms with Gasteiger partial charge in [-0.25, -0.2) is 15.0 Å². The molecule has 0 radical (unpaired) electrons. The van der Waals surface area contributed by atoms with Crippen molar-refractivity contribution in [3.63, 3.8) is 0 Å². The maximum Gasteiger partial charge on any atom is 0.246 e. The summed E-state index contributed by atoms with van der Waals surface area (Å²) in [5, 5.41) is 22.7. The first kappa shape index (κ1) is 63.8. The Morgan fingerprint density at radius 2 is 1.55 bits per heavy atom. The van der Waals surface area contributed by atoms with E-state index in [9.17, 15) is 19.5 Å². The monoisotopic (exact) mass is 1110 g/mol. The lowest BCUT2D eigenvalue weighted by molar-refractivity contribution is -0.133. The van der Waals surface area contributed by atoms with Gasteiger partial charge in [0.15, 0.2) is 5.82 Å². The predicted molar refractivity (Wildman–Crippen MR) is 314 cm³/mol. The van der Waals surface area contributed by atoms with Gasteiger partial charge in [-0.15, -0.1) is 11.3 Å². The summed E-state index contributed by atoms with van der Waals surface area (Å²) >= 11 is 1.70. The quantitative estimate of drug-likeness (QED) is 0.0287. The molecule has 80 heavy (non-hydrogen) atoms. The Bertz CT molecular complexity index is 2860. The number of benzene rings is 3. The molecule has 1 fully saturated rings. The van der Waals surface area contributed by atoms with Crippen LogP contribution < -0.4 is 21.3 Å². The molecule has 6 aromatic rings. The van der Waals surface area contributed by atoms with Crippen LogP contribution >= 0.6 is 11.3 Å². The number of ether oxygens (including phenoxy) is 4. The number of aryl methyl sites for hydroxylation is 1. The molecule has 5 N–H and O–H groups in total. The van der Waals surface area contributed by atoms with Crippen molar-refractivity contribution in [1.29, 1.82) is 0 Å². The number of nitrogens with zero attached hydrogens (tertiary/aromatic N) is 5. The van der Waals surface area contributed by atoms with Gasteiger partial charge in [0.2, 0.25) is 17.7 Å². The number of nitrogens with one attached hydrogen (secondary N) is 4. The van der Waals surface area contributed by atoms with Crippen LogP contribution in [0, 0.1) is 24.7 Å². The molecule has 0 bridgehead atoms. The minimum atomic E-state index is -0.491. The van der Waals surface area contributed by atoms with Gasteiger partial charge in [0.25, 0.3) is 0 Å². The highest BCUT2D eigenvalue weighted by atomic mass is 32.1. The molecule has 0 saturated carbocycles. The van der Waals surface area contributed by atoms with Gasteiger partial charge in [0, 0.05) is 74.0 Å². The first-order valence-electron chi connectivity index (χ1n) is 27.2. The molecule has 2 aliphatic rings. The molecule has 3 amide bonds. The Morgan fingerprint density at radius 1 is 0.838 bits per heavy atom. The normalized spacial score (nSPS) is 14.1. The number of aromatic nitrogens is 4. The van der Waals surface area contributed by atoms with E-state index in [0.29, 0.717) is 90.8 Å². The molecule has 19 heteroatoms. The van der Waals surface area contributed by atoms with Crippen molar-refractivity contribution in [2.24, 2.45) is 5.92 Å². The fraction of sp³-hybridized carbons (Fsp3) is 0.443. The Morgan fingerprint density at radius 3 is 2.23 bits per heavy atom.